The zero-order valence-electron chi connectivity index (χ0n) is 14.2. The van der Waals surface area contributed by atoms with Gasteiger partial charge in [0.25, 0.3) is 11.8 Å². The van der Waals surface area contributed by atoms with Crippen molar-refractivity contribution in [3.05, 3.63) is 23.3 Å². The Kier molecular flexibility index (Phi) is 5.16. The van der Waals surface area contributed by atoms with Crippen LogP contribution in [0.25, 0.3) is 0 Å². The summed E-state index contributed by atoms with van der Waals surface area (Å²) in [5, 5.41) is 5.79. The first-order valence-corrected chi connectivity index (χ1v) is 8.51. The van der Waals surface area contributed by atoms with Crippen LogP contribution in [0, 0.1) is 13.8 Å². The second kappa shape index (κ2) is 7.32. The second-order valence-electron chi connectivity index (χ2n) is 6.46. The Hall–Kier alpha value is -1.92. The lowest BCUT2D eigenvalue weighted by atomic mass is 10.1. The molecule has 24 heavy (non-hydrogen) atoms. The van der Waals surface area contributed by atoms with Crippen LogP contribution in [0.1, 0.15) is 36.8 Å². The maximum atomic E-state index is 12.3. The molecule has 0 aliphatic carbocycles. The first-order chi connectivity index (χ1) is 11.5. The molecule has 2 unspecified atom stereocenters. The Labute approximate surface area is 141 Å². The van der Waals surface area contributed by atoms with E-state index in [4.69, 9.17) is 9.47 Å². The lowest BCUT2D eigenvalue weighted by Crippen LogP contribution is -2.29. The number of aryl methyl sites for hydroxylation is 2. The van der Waals surface area contributed by atoms with Crippen molar-refractivity contribution >= 4 is 23.2 Å². The van der Waals surface area contributed by atoms with E-state index in [0.717, 1.165) is 36.8 Å². The highest BCUT2D eigenvalue weighted by Crippen LogP contribution is 2.28. The van der Waals surface area contributed by atoms with E-state index in [1.54, 1.807) is 0 Å². The summed E-state index contributed by atoms with van der Waals surface area (Å²) in [5.41, 5.74) is 3.30. The van der Waals surface area contributed by atoms with Crippen molar-refractivity contribution in [2.75, 3.05) is 23.8 Å². The Morgan fingerprint density at radius 3 is 1.62 bits per heavy atom. The largest absolute Gasteiger partial charge is 0.368 e. The van der Waals surface area contributed by atoms with E-state index in [1.807, 2.05) is 26.0 Å². The zero-order valence-corrected chi connectivity index (χ0v) is 14.2. The minimum atomic E-state index is -0.409. The highest BCUT2D eigenvalue weighted by Gasteiger charge is 2.26. The molecule has 2 heterocycles. The van der Waals surface area contributed by atoms with Gasteiger partial charge in [0.15, 0.2) is 0 Å². The fourth-order valence-electron chi connectivity index (χ4n) is 3.02. The molecule has 0 radical (unpaired) electrons. The molecule has 0 bridgehead atoms. The third kappa shape index (κ3) is 3.76. The summed E-state index contributed by atoms with van der Waals surface area (Å²) in [6.45, 7) is 5.19. The molecule has 1 aromatic rings. The third-order valence-electron chi connectivity index (χ3n) is 4.59. The third-order valence-corrected chi connectivity index (χ3v) is 4.59. The predicted molar refractivity (Wildman–Crippen MR) is 91.1 cm³/mol. The normalized spacial score (nSPS) is 23.2. The summed E-state index contributed by atoms with van der Waals surface area (Å²) in [7, 11) is 0. The van der Waals surface area contributed by atoms with Gasteiger partial charge >= 0.3 is 0 Å². The molecule has 0 spiro atoms. The monoisotopic (exact) mass is 332 g/mol. The minimum Gasteiger partial charge on any atom is -0.368 e. The number of amides is 2. The van der Waals surface area contributed by atoms with Crippen molar-refractivity contribution in [3.8, 4) is 0 Å². The molecular weight excluding hydrogens is 308 g/mol. The van der Waals surface area contributed by atoms with E-state index in [-0.39, 0.29) is 11.8 Å². The van der Waals surface area contributed by atoms with Crippen molar-refractivity contribution in [2.24, 2.45) is 0 Å². The smallest absolute Gasteiger partial charge is 0.253 e. The van der Waals surface area contributed by atoms with Gasteiger partial charge in [0.2, 0.25) is 0 Å². The standard InChI is InChI=1S/C18H24N2O4/c1-11-9-13(19-17(21)15-5-3-7-23-15)14(10-12(11)2)20-18(22)16-6-4-8-24-16/h9-10,15-16H,3-8H2,1-2H3,(H,19,21)(H,20,22). The van der Waals surface area contributed by atoms with Crippen molar-refractivity contribution < 1.29 is 19.1 Å². The summed E-state index contributed by atoms with van der Waals surface area (Å²) in [4.78, 5) is 24.7. The highest BCUT2D eigenvalue weighted by molar-refractivity contribution is 6.02. The van der Waals surface area contributed by atoms with Gasteiger partial charge in [0, 0.05) is 13.2 Å². The quantitative estimate of drug-likeness (QED) is 0.888. The number of carbonyl (C=O) groups excluding carboxylic acids is 2. The second-order valence-corrected chi connectivity index (χ2v) is 6.46. The van der Waals surface area contributed by atoms with Crippen LogP contribution in [0.2, 0.25) is 0 Å². The van der Waals surface area contributed by atoms with Crippen LogP contribution in [0.15, 0.2) is 12.1 Å². The van der Waals surface area contributed by atoms with Crippen molar-refractivity contribution in [1.29, 1.82) is 0 Å². The lowest BCUT2D eigenvalue weighted by molar-refractivity contribution is -0.125. The fourth-order valence-corrected chi connectivity index (χ4v) is 3.02. The van der Waals surface area contributed by atoms with E-state index in [9.17, 15) is 9.59 Å². The molecule has 3 rings (SSSR count). The molecule has 1 aromatic carbocycles. The van der Waals surface area contributed by atoms with E-state index in [0.29, 0.717) is 24.6 Å². The van der Waals surface area contributed by atoms with Crippen LogP contribution >= 0.6 is 0 Å². The lowest BCUT2D eigenvalue weighted by Gasteiger charge is -2.18. The Morgan fingerprint density at radius 2 is 1.29 bits per heavy atom. The number of ether oxygens (including phenoxy) is 2. The first-order valence-electron chi connectivity index (χ1n) is 8.51. The van der Waals surface area contributed by atoms with E-state index in [1.165, 1.54) is 0 Å². The van der Waals surface area contributed by atoms with E-state index in [2.05, 4.69) is 10.6 Å². The molecule has 6 nitrogen and oxygen atoms in total. The van der Waals surface area contributed by atoms with Crippen molar-refractivity contribution in [1.82, 2.24) is 0 Å². The van der Waals surface area contributed by atoms with Crippen LogP contribution < -0.4 is 10.6 Å². The van der Waals surface area contributed by atoms with Gasteiger partial charge in [-0.3, -0.25) is 9.59 Å². The molecule has 2 aliphatic rings. The van der Waals surface area contributed by atoms with E-state index >= 15 is 0 Å². The van der Waals surface area contributed by atoms with Crippen LogP contribution in [0.3, 0.4) is 0 Å². The summed E-state index contributed by atoms with van der Waals surface area (Å²) < 4.78 is 10.8. The summed E-state index contributed by atoms with van der Waals surface area (Å²) >= 11 is 0. The molecule has 2 aliphatic heterocycles. The average Bonchev–Trinajstić information content (AvgIpc) is 3.24. The number of rotatable bonds is 4. The number of hydrogen-bond acceptors (Lipinski definition) is 4. The molecule has 0 aromatic heterocycles. The van der Waals surface area contributed by atoms with Crippen molar-refractivity contribution in [3.63, 3.8) is 0 Å². The summed E-state index contributed by atoms with van der Waals surface area (Å²) in [6.07, 6.45) is 2.44. The van der Waals surface area contributed by atoms with Gasteiger partial charge in [-0.15, -0.1) is 0 Å². The zero-order chi connectivity index (χ0) is 17.1. The van der Waals surface area contributed by atoms with E-state index < -0.39 is 12.2 Å². The maximum absolute atomic E-state index is 12.3. The number of benzene rings is 1. The SMILES string of the molecule is Cc1cc(NC(=O)C2CCCO2)c(NC(=O)C2CCCO2)cc1C. The van der Waals surface area contributed by atoms with Gasteiger partial charge in [-0.1, -0.05) is 0 Å². The number of hydrogen-bond donors (Lipinski definition) is 2. The number of anilines is 2. The first kappa shape index (κ1) is 16.9. The molecule has 130 valence electrons. The van der Waals surface area contributed by atoms with Crippen LogP contribution in [0.5, 0.6) is 0 Å². The maximum Gasteiger partial charge on any atom is 0.253 e. The van der Waals surface area contributed by atoms with Gasteiger partial charge in [-0.05, 0) is 62.8 Å². The molecule has 2 fully saturated rings. The van der Waals surface area contributed by atoms with Gasteiger partial charge in [-0.25, -0.2) is 0 Å². The molecule has 2 atom stereocenters. The molecule has 2 N–H and O–H groups in total. The van der Waals surface area contributed by atoms with Gasteiger partial charge in [0.1, 0.15) is 12.2 Å². The average molecular weight is 332 g/mol. The molecule has 0 saturated carbocycles. The van der Waals surface area contributed by atoms with Crippen LogP contribution in [-0.4, -0.2) is 37.2 Å². The fraction of sp³-hybridized carbons (Fsp3) is 0.556. The minimum absolute atomic E-state index is 0.164. The molecular formula is C18H24N2O4. The Balaban J connectivity index is 1.77. The Morgan fingerprint density at radius 1 is 0.875 bits per heavy atom. The van der Waals surface area contributed by atoms with Gasteiger partial charge in [0.05, 0.1) is 11.4 Å². The molecule has 6 heteroatoms. The highest BCUT2D eigenvalue weighted by atomic mass is 16.5. The van der Waals surface area contributed by atoms with Crippen LogP contribution in [-0.2, 0) is 19.1 Å². The summed E-state index contributed by atoms with van der Waals surface area (Å²) in [5.74, 6) is -0.327. The van der Waals surface area contributed by atoms with Crippen molar-refractivity contribution in [2.45, 2.75) is 51.7 Å². The van der Waals surface area contributed by atoms with Gasteiger partial charge < -0.3 is 20.1 Å². The topological polar surface area (TPSA) is 76.7 Å². The Bertz CT molecular complexity index is 577. The predicted octanol–water partition coefficient (Wildman–Crippen LogP) is 2.54. The summed E-state index contributed by atoms with van der Waals surface area (Å²) in [6, 6.07) is 3.76. The number of nitrogens with one attached hydrogen (secondary N) is 2. The number of carbonyl (C=O) groups is 2. The molecule has 2 saturated heterocycles. The van der Waals surface area contributed by atoms with Gasteiger partial charge in [-0.2, -0.15) is 0 Å². The van der Waals surface area contributed by atoms with Crippen LogP contribution in [0.4, 0.5) is 11.4 Å². The molecule has 2 amide bonds.